The van der Waals surface area contributed by atoms with E-state index in [0.29, 0.717) is 0 Å². The van der Waals surface area contributed by atoms with Crippen molar-refractivity contribution in [3.63, 3.8) is 0 Å². The first kappa shape index (κ1) is 10.2. The maximum absolute atomic E-state index is 11.4. The molecule has 0 radical (unpaired) electrons. The van der Waals surface area contributed by atoms with Crippen molar-refractivity contribution in [2.24, 2.45) is 5.92 Å². The van der Waals surface area contributed by atoms with E-state index in [1.165, 1.54) is 0 Å². The van der Waals surface area contributed by atoms with Crippen LogP contribution in [0, 0.1) is 5.92 Å². The van der Waals surface area contributed by atoms with Crippen LogP contribution < -0.4 is 0 Å². The number of rotatable bonds is 2. The topological polar surface area (TPSA) is 47.8 Å². The third-order valence-corrected chi connectivity index (χ3v) is 3.30. The molecule has 1 aromatic carbocycles. The Kier molecular flexibility index (Phi) is 2.28. The fourth-order valence-electron chi connectivity index (χ4n) is 2.30. The molecule has 0 N–H and O–H groups in total. The SMILES string of the molecule is CC(=O)C1Cc2nnn(-c3ccccc3)c2C1. The molecule has 4 nitrogen and oxygen atoms in total. The van der Waals surface area contributed by atoms with Crippen molar-refractivity contribution in [3.8, 4) is 5.69 Å². The van der Waals surface area contributed by atoms with E-state index in [9.17, 15) is 4.79 Å². The Morgan fingerprint density at radius 1 is 1.29 bits per heavy atom. The highest BCUT2D eigenvalue weighted by Crippen LogP contribution is 2.27. The van der Waals surface area contributed by atoms with Crippen LogP contribution in [0.2, 0.25) is 0 Å². The standard InChI is InChI=1S/C13H13N3O/c1-9(17)10-7-12-13(8-10)16(15-14-12)11-5-3-2-4-6-11/h2-6,10H,7-8H2,1H3. The third kappa shape index (κ3) is 1.65. The molecule has 2 aromatic rings. The second-order valence-corrected chi connectivity index (χ2v) is 4.45. The van der Waals surface area contributed by atoms with Crippen molar-refractivity contribution in [1.82, 2.24) is 15.0 Å². The van der Waals surface area contributed by atoms with Gasteiger partial charge in [-0.2, -0.15) is 0 Å². The Bertz CT molecular complexity index is 559. The molecule has 1 unspecified atom stereocenters. The molecule has 4 heteroatoms. The van der Waals surface area contributed by atoms with Crippen LogP contribution in [-0.2, 0) is 17.6 Å². The lowest BCUT2D eigenvalue weighted by Gasteiger charge is -2.05. The van der Waals surface area contributed by atoms with E-state index in [1.807, 2.05) is 35.0 Å². The van der Waals surface area contributed by atoms with E-state index in [-0.39, 0.29) is 11.7 Å². The molecule has 0 fully saturated rings. The van der Waals surface area contributed by atoms with Crippen LogP contribution in [0.1, 0.15) is 18.3 Å². The number of hydrogen-bond donors (Lipinski definition) is 0. The van der Waals surface area contributed by atoms with E-state index in [2.05, 4.69) is 10.3 Å². The Hall–Kier alpha value is -1.97. The molecule has 0 saturated carbocycles. The molecule has 1 heterocycles. The van der Waals surface area contributed by atoms with Crippen LogP contribution in [0.25, 0.3) is 5.69 Å². The zero-order chi connectivity index (χ0) is 11.8. The number of carbonyl (C=O) groups is 1. The van der Waals surface area contributed by atoms with Gasteiger partial charge in [0.1, 0.15) is 5.78 Å². The summed E-state index contributed by atoms with van der Waals surface area (Å²) in [5.41, 5.74) is 3.05. The van der Waals surface area contributed by atoms with E-state index < -0.39 is 0 Å². The largest absolute Gasteiger partial charge is 0.300 e. The fourth-order valence-corrected chi connectivity index (χ4v) is 2.30. The number of aromatic nitrogens is 3. The van der Waals surface area contributed by atoms with Gasteiger partial charge in [0.2, 0.25) is 0 Å². The highest BCUT2D eigenvalue weighted by atomic mass is 16.1. The summed E-state index contributed by atoms with van der Waals surface area (Å²) < 4.78 is 1.85. The Labute approximate surface area is 99.3 Å². The molecular formula is C13H13N3O. The summed E-state index contributed by atoms with van der Waals surface area (Å²) in [7, 11) is 0. The maximum Gasteiger partial charge on any atom is 0.133 e. The van der Waals surface area contributed by atoms with Crippen LogP contribution in [0.15, 0.2) is 30.3 Å². The van der Waals surface area contributed by atoms with E-state index in [1.54, 1.807) is 6.92 Å². The molecule has 0 spiro atoms. The fraction of sp³-hybridized carbons (Fsp3) is 0.308. The van der Waals surface area contributed by atoms with Crippen LogP contribution >= 0.6 is 0 Å². The van der Waals surface area contributed by atoms with Crippen molar-refractivity contribution >= 4 is 5.78 Å². The first-order chi connectivity index (χ1) is 8.25. The minimum Gasteiger partial charge on any atom is -0.300 e. The van der Waals surface area contributed by atoms with Gasteiger partial charge in [-0.05, 0) is 19.1 Å². The molecule has 1 aromatic heterocycles. The molecule has 1 aliphatic carbocycles. The molecule has 86 valence electrons. The second-order valence-electron chi connectivity index (χ2n) is 4.45. The van der Waals surface area contributed by atoms with Gasteiger partial charge in [-0.3, -0.25) is 4.79 Å². The summed E-state index contributed by atoms with van der Waals surface area (Å²) in [6.45, 7) is 1.65. The van der Waals surface area contributed by atoms with Gasteiger partial charge in [0, 0.05) is 18.8 Å². The quantitative estimate of drug-likeness (QED) is 0.782. The Morgan fingerprint density at radius 2 is 2.06 bits per heavy atom. The number of hydrogen-bond acceptors (Lipinski definition) is 3. The number of Topliss-reactive ketones (excluding diaryl/α,β-unsaturated/α-hetero) is 1. The van der Waals surface area contributed by atoms with Crippen molar-refractivity contribution in [2.75, 3.05) is 0 Å². The molecule has 1 aliphatic rings. The van der Waals surface area contributed by atoms with E-state index in [4.69, 9.17) is 0 Å². The highest BCUT2D eigenvalue weighted by molar-refractivity contribution is 5.79. The normalized spacial score (nSPS) is 18.1. The van der Waals surface area contributed by atoms with Gasteiger partial charge in [-0.25, -0.2) is 4.68 Å². The first-order valence-electron chi connectivity index (χ1n) is 5.75. The Balaban J connectivity index is 1.99. The van der Waals surface area contributed by atoms with Crippen molar-refractivity contribution in [1.29, 1.82) is 0 Å². The number of nitrogens with zero attached hydrogens (tertiary/aromatic N) is 3. The average Bonchev–Trinajstić information content (AvgIpc) is 2.89. The van der Waals surface area contributed by atoms with Gasteiger partial charge in [-0.15, -0.1) is 5.10 Å². The average molecular weight is 227 g/mol. The number of ketones is 1. The summed E-state index contributed by atoms with van der Waals surface area (Å²) in [5.74, 6) is 0.327. The molecule has 17 heavy (non-hydrogen) atoms. The van der Waals surface area contributed by atoms with Gasteiger partial charge < -0.3 is 0 Å². The van der Waals surface area contributed by atoms with E-state index >= 15 is 0 Å². The summed E-state index contributed by atoms with van der Waals surface area (Å²) in [6.07, 6.45) is 1.49. The van der Waals surface area contributed by atoms with Gasteiger partial charge in [-0.1, -0.05) is 23.4 Å². The van der Waals surface area contributed by atoms with Crippen molar-refractivity contribution < 1.29 is 4.79 Å². The molecular weight excluding hydrogens is 214 g/mol. The zero-order valence-corrected chi connectivity index (χ0v) is 9.63. The minimum absolute atomic E-state index is 0.0884. The number of para-hydroxylation sites is 1. The lowest BCUT2D eigenvalue weighted by molar-refractivity contribution is -0.120. The van der Waals surface area contributed by atoms with Crippen LogP contribution in [-0.4, -0.2) is 20.8 Å². The monoisotopic (exact) mass is 227 g/mol. The van der Waals surface area contributed by atoms with Crippen molar-refractivity contribution in [3.05, 3.63) is 41.7 Å². The van der Waals surface area contributed by atoms with Gasteiger partial charge >= 0.3 is 0 Å². The third-order valence-electron chi connectivity index (χ3n) is 3.30. The maximum atomic E-state index is 11.4. The number of fused-ring (bicyclic) bond motifs is 1. The molecule has 0 saturated heterocycles. The van der Waals surface area contributed by atoms with Gasteiger partial charge in [0.25, 0.3) is 0 Å². The van der Waals surface area contributed by atoms with Crippen LogP contribution in [0.3, 0.4) is 0 Å². The smallest absolute Gasteiger partial charge is 0.133 e. The van der Waals surface area contributed by atoms with Crippen LogP contribution in [0.5, 0.6) is 0 Å². The summed E-state index contributed by atoms with van der Waals surface area (Å²) in [5, 5.41) is 8.32. The highest BCUT2D eigenvalue weighted by Gasteiger charge is 2.30. The van der Waals surface area contributed by atoms with Crippen LogP contribution in [0.4, 0.5) is 0 Å². The minimum atomic E-state index is 0.0884. The predicted molar refractivity (Wildman–Crippen MR) is 62.9 cm³/mol. The molecule has 3 rings (SSSR count). The number of benzene rings is 1. The summed E-state index contributed by atoms with van der Waals surface area (Å²) in [6, 6.07) is 9.91. The lowest BCUT2D eigenvalue weighted by Crippen LogP contribution is -2.12. The molecule has 1 atom stereocenters. The second kappa shape index (κ2) is 3.80. The Morgan fingerprint density at radius 3 is 2.76 bits per heavy atom. The van der Waals surface area contributed by atoms with Crippen molar-refractivity contribution in [2.45, 2.75) is 19.8 Å². The predicted octanol–water partition coefficient (Wildman–Crippen LogP) is 1.57. The van der Waals surface area contributed by atoms with Gasteiger partial charge in [0.15, 0.2) is 0 Å². The zero-order valence-electron chi connectivity index (χ0n) is 9.63. The molecule has 0 bridgehead atoms. The molecule has 0 amide bonds. The van der Waals surface area contributed by atoms with E-state index in [0.717, 1.165) is 29.9 Å². The molecule has 0 aliphatic heterocycles. The summed E-state index contributed by atoms with van der Waals surface area (Å²) >= 11 is 0. The first-order valence-corrected chi connectivity index (χ1v) is 5.75. The number of carbonyl (C=O) groups excluding carboxylic acids is 1. The summed E-state index contributed by atoms with van der Waals surface area (Å²) in [4.78, 5) is 11.4. The lowest BCUT2D eigenvalue weighted by atomic mass is 10.0. The van der Waals surface area contributed by atoms with Gasteiger partial charge in [0.05, 0.1) is 17.1 Å².